The van der Waals surface area contributed by atoms with Crippen LogP contribution in [0, 0.1) is 5.92 Å². The summed E-state index contributed by atoms with van der Waals surface area (Å²) in [5.74, 6) is 0.658. The van der Waals surface area contributed by atoms with Crippen molar-refractivity contribution in [3.63, 3.8) is 0 Å². The summed E-state index contributed by atoms with van der Waals surface area (Å²) >= 11 is 3.46. The SMILES string of the molecule is CC(C)CC(C)(CN)N(C)Cc1ccc(Br)cc1. The van der Waals surface area contributed by atoms with Crippen LogP contribution in [0.4, 0.5) is 0 Å². The lowest BCUT2D eigenvalue weighted by molar-refractivity contribution is 0.111. The average Bonchev–Trinajstić information content (AvgIpc) is 2.31. The fraction of sp³-hybridized carbons (Fsp3) is 0.600. The van der Waals surface area contributed by atoms with Gasteiger partial charge in [0.1, 0.15) is 0 Å². The molecule has 0 heterocycles. The molecule has 3 heteroatoms. The van der Waals surface area contributed by atoms with Crippen LogP contribution >= 0.6 is 15.9 Å². The topological polar surface area (TPSA) is 29.3 Å². The van der Waals surface area contributed by atoms with Gasteiger partial charge in [0.15, 0.2) is 0 Å². The molecule has 0 bridgehead atoms. The number of halogens is 1. The van der Waals surface area contributed by atoms with Crippen LogP contribution in [-0.4, -0.2) is 24.0 Å². The molecule has 2 nitrogen and oxygen atoms in total. The Morgan fingerprint density at radius 3 is 2.28 bits per heavy atom. The first kappa shape index (κ1) is 15.7. The number of benzene rings is 1. The number of rotatable bonds is 6. The Bertz CT molecular complexity index is 361. The average molecular weight is 313 g/mol. The summed E-state index contributed by atoms with van der Waals surface area (Å²) in [6.07, 6.45) is 1.12. The van der Waals surface area contributed by atoms with Gasteiger partial charge in [0, 0.05) is 23.1 Å². The van der Waals surface area contributed by atoms with Gasteiger partial charge in [-0.3, -0.25) is 4.90 Å². The van der Waals surface area contributed by atoms with E-state index in [1.165, 1.54) is 5.56 Å². The molecule has 1 aromatic carbocycles. The van der Waals surface area contributed by atoms with Crippen LogP contribution in [0.3, 0.4) is 0 Å². The summed E-state index contributed by atoms with van der Waals surface area (Å²) in [5.41, 5.74) is 7.38. The Hall–Kier alpha value is -0.380. The monoisotopic (exact) mass is 312 g/mol. The van der Waals surface area contributed by atoms with E-state index in [2.05, 4.69) is 72.9 Å². The number of hydrogen-bond donors (Lipinski definition) is 1. The van der Waals surface area contributed by atoms with Gasteiger partial charge in [0.2, 0.25) is 0 Å². The summed E-state index contributed by atoms with van der Waals surface area (Å²) in [6.45, 7) is 8.39. The molecule has 0 amide bonds. The Balaban J connectivity index is 2.72. The third-order valence-corrected chi connectivity index (χ3v) is 4.07. The van der Waals surface area contributed by atoms with Crippen molar-refractivity contribution in [2.75, 3.05) is 13.6 Å². The second kappa shape index (κ2) is 6.69. The second-order valence-corrected chi connectivity index (χ2v) is 6.70. The van der Waals surface area contributed by atoms with E-state index < -0.39 is 0 Å². The maximum absolute atomic E-state index is 5.98. The summed E-state index contributed by atoms with van der Waals surface area (Å²) < 4.78 is 1.12. The van der Waals surface area contributed by atoms with Crippen molar-refractivity contribution in [2.24, 2.45) is 11.7 Å². The molecule has 0 saturated carbocycles. The molecule has 0 aromatic heterocycles. The predicted octanol–water partition coefficient (Wildman–Crippen LogP) is 3.64. The first-order valence-corrected chi connectivity index (χ1v) is 7.32. The van der Waals surface area contributed by atoms with Crippen molar-refractivity contribution in [3.8, 4) is 0 Å². The molecular weight excluding hydrogens is 288 g/mol. The molecule has 0 saturated heterocycles. The quantitative estimate of drug-likeness (QED) is 0.869. The zero-order valence-electron chi connectivity index (χ0n) is 11.9. The smallest absolute Gasteiger partial charge is 0.0306 e. The lowest BCUT2D eigenvalue weighted by Gasteiger charge is -2.39. The molecule has 0 spiro atoms. The lowest BCUT2D eigenvalue weighted by atomic mass is 9.89. The van der Waals surface area contributed by atoms with Gasteiger partial charge in [-0.15, -0.1) is 0 Å². The lowest BCUT2D eigenvalue weighted by Crippen LogP contribution is -2.50. The molecule has 0 aliphatic carbocycles. The highest BCUT2D eigenvalue weighted by Gasteiger charge is 2.28. The molecule has 102 valence electrons. The van der Waals surface area contributed by atoms with E-state index in [9.17, 15) is 0 Å². The molecule has 2 N–H and O–H groups in total. The molecule has 0 fully saturated rings. The van der Waals surface area contributed by atoms with Crippen molar-refractivity contribution in [2.45, 2.75) is 39.3 Å². The molecule has 1 atom stereocenters. The maximum atomic E-state index is 5.98. The third kappa shape index (κ3) is 4.38. The summed E-state index contributed by atoms with van der Waals surface area (Å²) in [4.78, 5) is 2.37. The van der Waals surface area contributed by atoms with Gasteiger partial charge in [-0.05, 0) is 44.0 Å². The number of likely N-dealkylation sites (N-methyl/N-ethyl adjacent to an activating group) is 1. The van der Waals surface area contributed by atoms with Gasteiger partial charge < -0.3 is 5.73 Å². The second-order valence-electron chi connectivity index (χ2n) is 5.78. The molecule has 1 rings (SSSR count). The van der Waals surface area contributed by atoms with Crippen molar-refractivity contribution in [3.05, 3.63) is 34.3 Å². The predicted molar refractivity (Wildman–Crippen MR) is 82.5 cm³/mol. The van der Waals surface area contributed by atoms with E-state index in [1.54, 1.807) is 0 Å². The van der Waals surface area contributed by atoms with Gasteiger partial charge in [-0.2, -0.15) is 0 Å². The van der Waals surface area contributed by atoms with Crippen LogP contribution in [0.1, 0.15) is 32.8 Å². The normalized spacial score (nSPS) is 15.1. The first-order chi connectivity index (χ1) is 8.37. The van der Waals surface area contributed by atoms with Crippen LogP contribution in [-0.2, 0) is 6.54 Å². The van der Waals surface area contributed by atoms with Gasteiger partial charge in [0.25, 0.3) is 0 Å². The van der Waals surface area contributed by atoms with Crippen LogP contribution in [0.2, 0.25) is 0 Å². The Morgan fingerprint density at radius 1 is 1.28 bits per heavy atom. The molecule has 1 aromatic rings. The van der Waals surface area contributed by atoms with E-state index >= 15 is 0 Å². The molecular formula is C15H25BrN2. The standard InChI is InChI=1S/C15H25BrN2/c1-12(2)9-15(3,11-17)18(4)10-13-5-7-14(16)8-6-13/h5-8,12H,9-11,17H2,1-4H3. The van der Waals surface area contributed by atoms with E-state index in [-0.39, 0.29) is 5.54 Å². The summed E-state index contributed by atoms with van der Waals surface area (Å²) in [5, 5.41) is 0. The maximum Gasteiger partial charge on any atom is 0.0306 e. The highest BCUT2D eigenvalue weighted by molar-refractivity contribution is 9.10. The van der Waals surface area contributed by atoms with Crippen molar-refractivity contribution in [1.82, 2.24) is 4.90 Å². The van der Waals surface area contributed by atoms with Crippen LogP contribution in [0.5, 0.6) is 0 Å². The molecule has 0 aliphatic rings. The van der Waals surface area contributed by atoms with Gasteiger partial charge >= 0.3 is 0 Å². The highest BCUT2D eigenvalue weighted by atomic mass is 79.9. The van der Waals surface area contributed by atoms with Gasteiger partial charge in [0.05, 0.1) is 0 Å². The number of hydrogen-bond acceptors (Lipinski definition) is 2. The minimum Gasteiger partial charge on any atom is -0.329 e. The largest absolute Gasteiger partial charge is 0.329 e. The Kier molecular flexibility index (Phi) is 5.83. The van der Waals surface area contributed by atoms with E-state index in [0.29, 0.717) is 12.5 Å². The van der Waals surface area contributed by atoms with Gasteiger partial charge in [-0.25, -0.2) is 0 Å². The minimum atomic E-state index is 0.0707. The molecule has 18 heavy (non-hydrogen) atoms. The Morgan fingerprint density at radius 2 is 1.83 bits per heavy atom. The fourth-order valence-corrected chi connectivity index (χ4v) is 2.59. The zero-order valence-corrected chi connectivity index (χ0v) is 13.5. The molecule has 0 aliphatic heterocycles. The third-order valence-electron chi connectivity index (χ3n) is 3.54. The summed E-state index contributed by atoms with van der Waals surface area (Å²) in [6, 6.07) is 8.50. The highest BCUT2D eigenvalue weighted by Crippen LogP contribution is 2.24. The van der Waals surface area contributed by atoms with E-state index in [0.717, 1.165) is 17.4 Å². The zero-order chi connectivity index (χ0) is 13.8. The van der Waals surface area contributed by atoms with Crippen LogP contribution < -0.4 is 5.73 Å². The molecule has 0 radical (unpaired) electrons. The first-order valence-electron chi connectivity index (χ1n) is 6.53. The van der Waals surface area contributed by atoms with E-state index in [1.807, 2.05) is 0 Å². The van der Waals surface area contributed by atoms with Crippen molar-refractivity contribution in [1.29, 1.82) is 0 Å². The van der Waals surface area contributed by atoms with E-state index in [4.69, 9.17) is 5.73 Å². The van der Waals surface area contributed by atoms with Crippen molar-refractivity contribution < 1.29 is 0 Å². The minimum absolute atomic E-state index is 0.0707. The number of nitrogens with two attached hydrogens (primary N) is 1. The Labute approximate surface area is 120 Å². The number of nitrogens with zero attached hydrogens (tertiary/aromatic N) is 1. The summed E-state index contributed by atoms with van der Waals surface area (Å²) in [7, 11) is 2.16. The van der Waals surface area contributed by atoms with Gasteiger partial charge in [-0.1, -0.05) is 41.9 Å². The fourth-order valence-electron chi connectivity index (χ4n) is 2.33. The van der Waals surface area contributed by atoms with Crippen LogP contribution in [0.25, 0.3) is 0 Å². The van der Waals surface area contributed by atoms with Crippen LogP contribution in [0.15, 0.2) is 28.7 Å². The molecule has 1 unspecified atom stereocenters. The van der Waals surface area contributed by atoms with Crippen molar-refractivity contribution >= 4 is 15.9 Å².